The van der Waals surface area contributed by atoms with E-state index in [9.17, 15) is 0 Å². The second kappa shape index (κ2) is 13.8. The molecule has 11 aromatic rings. The average molecular weight is 747 g/mol. The van der Waals surface area contributed by atoms with Gasteiger partial charge in [0.1, 0.15) is 5.52 Å². The van der Waals surface area contributed by atoms with E-state index < -0.39 is 0 Å². The van der Waals surface area contributed by atoms with Gasteiger partial charge < -0.3 is 9.32 Å². The van der Waals surface area contributed by atoms with Crippen LogP contribution >= 0.6 is 11.3 Å². The van der Waals surface area contributed by atoms with Gasteiger partial charge in [-0.2, -0.15) is 0 Å². The van der Waals surface area contributed by atoms with Crippen molar-refractivity contribution in [2.75, 3.05) is 4.90 Å². The minimum absolute atomic E-state index is 0.648. The van der Waals surface area contributed by atoms with Crippen LogP contribution in [0.1, 0.15) is 0 Å². The molecule has 0 aliphatic carbocycles. The first-order chi connectivity index (χ1) is 28.2. The lowest BCUT2D eigenvalue weighted by Crippen LogP contribution is -2.11. The number of hydrogen-bond acceptors (Lipinski definition) is 4. The van der Waals surface area contributed by atoms with Crippen molar-refractivity contribution in [2.45, 2.75) is 0 Å². The van der Waals surface area contributed by atoms with Crippen molar-refractivity contribution in [1.82, 2.24) is 4.98 Å². The summed E-state index contributed by atoms with van der Waals surface area (Å²) in [6, 6.07) is 73.6. The van der Waals surface area contributed by atoms with Gasteiger partial charge in [-0.3, -0.25) is 0 Å². The highest BCUT2D eigenvalue weighted by molar-refractivity contribution is 7.26. The van der Waals surface area contributed by atoms with Crippen LogP contribution in [0.25, 0.3) is 86.9 Å². The van der Waals surface area contributed by atoms with Gasteiger partial charge in [0, 0.05) is 42.7 Å². The molecule has 0 aliphatic heterocycles. The first-order valence-corrected chi connectivity index (χ1v) is 20.0. The van der Waals surface area contributed by atoms with Crippen LogP contribution < -0.4 is 4.90 Å². The SMILES string of the molecule is c1ccc(-c2nc3cc4sc5c(-c6ccc(N(c7ccc(-c8ccc9ccccc9c8)cc7)c7ccccc7-c7ccccc7)cc6)cccc5c4cc3o2)cc1. The van der Waals surface area contributed by atoms with Crippen LogP contribution in [0, 0.1) is 0 Å². The molecule has 0 saturated carbocycles. The molecule has 0 aliphatic rings. The number of benzene rings is 9. The Labute approximate surface area is 334 Å². The van der Waals surface area contributed by atoms with E-state index in [1.807, 2.05) is 41.7 Å². The minimum atomic E-state index is 0.648. The van der Waals surface area contributed by atoms with Crippen LogP contribution in [-0.4, -0.2) is 4.98 Å². The van der Waals surface area contributed by atoms with Crippen molar-refractivity contribution in [3.63, 3.8) is 0 Å². The Kier molecular flexibility index (Phi) is 8.01. The molecule has 0 bridgehead atoms. The number of para-hydroxylation sites is 1. The molecular formula is C53H34N2OS. The summed E-state index contributed by atoms with van der Waals surface area (Å²) in [4.78, 5) is 7.23. The maximum Gasteiger partial charge on any atom is 0.227 e. The molecule has 3 nitrogen and oxygen atoms in total. The lowest BCUT2D eigenvalue weighted by atomic mass is 9.99. The number of oxazole rings is 1. The van der Waals surface area contributed by atoms with E-state index in [4.69, 9.17) is 9.40 Å². The highest BCUT2D eigenvalue weighted by atomic mass is 32.1. The van der Waals surface area contributed by atoms with Crippen molar-refractivity contribution in [2.24, 2.45) is 0 Å². The van der Waals surface area contributed by atoms with Gasteiger partial charge in [-0.25, -0.2) is 4.98 Å². The van der Waals surface area contributed by atoms with Crippen LogP contribution in [0.15, 0.2) is 211 Å². The summed E-state index contributed by atoms with van der Waals surface area (Å²) in [7, 11) is 0. The van der Waals surface area contributed by atoms with E-state index in [1.54, 1.807) is 0 Å². The lowest BCUT2D eigenvalue weighted by Gasteiger charge is -2.28. The second-order valence-electron chi connectivity index (χ2n) is 14.4. The number of hydrogen-bond donors (Lipinski definition) is 0. The van der Waals surface area contributed by atoms with E-state index >= 15 is 0 Å². The van der Waals surface area contributed by atoms with Gasteiger partial charge in [-0.1, -0.05) is 146 Å². The molecule has 0 fully saturated rings. The number of rotatable bonds is 7. The van der Waals surface area contributed by atoms with Crippen molar-refractivity contribution >= 4 is 70.4 Å². The molecule has 9 aromatic carbocycles. The zero-order valence-corrected chi connectivity index (χ0v) is 31.7. The molecule has 4 heteroatoms. The highest BCUT2D eigenvalue weighted by Crippen LogP contribution is 2.45. The van der Waals surface area contributed by atoms with Crippen LogP contribution in [-0.2, 0) is 0 Å². The standard InChI is InChI=1S/C53H34N2OS/c1-3-13-37(14-4-1)44-18-9-10-21-49(44)55(42-28-24-36(25-29-42)41-23-22-35-12-7-8-17-40(35)32-41)43-30-26-38(27-31-43)45-19-11-20-46-47-33-50-48(34-51(47)57-52(45)46)54-53(56-50)39-15-5-2-6-16-39/h1-34H. The average Bonchev–Trinajstić information content (AvgIpc) is 3.87. The predicted octanol–water partition coefficient (Wildman–Crippen LogP) is 15.5. The number of thiophene rings is 1. The fourth-order valence-electron chi connectivity index (χ4n) is 8.07. The summed E-state index contributed by atoms with van der Waals surface area (Å²) in [5.41, 5.74) is 13.1. The topological polar surface area (TPSA) is 29.3 Å². The van der Waals surface area contributed by atoms with Gasteiger partial charge in [0.2, 0.25) is 5.89 Å². The van der Waals surface area contributed by atoms with Gasteiger partial charge in [0.25, 0.3) is 0 Å². The summed E-state index contributed by atoms with van der Waals surface area (Å²) >= 11 is 1.81. The highest BCUT2D eigenvalue weighted by Gasteiger charge is 2.19. The number of fused-ring (bicyclic) bond motifs is 5. The maximum absolute atomic E-state index is 6.27. The van der Waals surface area contributed by atoms with Crippen molar-refractivity contribution in [1.29, 1.82) is 0 Å². The van der Waals surface area contributed by atoms with E-state index in [0.717, 1.165) is 33.7 Å². The molecule has 2 heterocycles. The Hall–Kier alpha value is -7.27. The van der Waals surface area contributed by atoms with Crippen molar-refractivity contribution in [3.8, 4) is 44.8 Å². The van der Waals surface area contributed by atoms with Gasteiger partial charge in [0.15, 0.2) is 5.58 Å². The number of anilines is 3. The molecule has 57 heavy (non-hydrogen) atoms. The molecule has 11 rings (SSSR count). The van der Waals surface area contributed by atoms with Crippen molar-refractivity contribution < 1.29 is 4.42 Å². The molecule has 0 atom stereocenters. The fraction of sp³-hybridized carbons (Fsp3) is 0. The summed E-state index contributed by atoms with van der Waals surface area (Å²) in [5, 5.41) is 4.90. The molecule has 0 spiro atoms. The zero-order valence-electron chi connectivity index (χ0n) is 30.8. The van der Waals surface area contributed by atoms with Crippen LogP contribution in [0.5, 0.6) is 0 Å². The maximum atomic E-state index is 6.27. The molecule has 0 unspecified atom stereocenters. The lowest BCUT2D eigenvalue weighted by molar-refractivity contribution is 0.620. The molecular weight excluding hydrogens is 713 g/mol. The Bertz CT molecular complexity index is 3220. The van der Waals surface area contributed by atoms with Gasteiger partial charge in [0.05, 0.1) is 5.69 Å². The fourth-order valence-corrected chi connectivity index (χ4v) is 9.32. The summed E-state index contributed by atoms with van der Waals surface area (Å²) in [5.74, 6) is 0.648. The molecule has 0 N–H and O–H groups in total. The van der Waals surface area contributed by atoms with Crippen molar-refractivity contribution in [3.05, 3.63) is 206 Å². The third kappa shape index (κ3) is 5.95. The Morgan fingerprint density at radius 1 is 0.421 bits per heavy atom. The van der Waals surface area contributed by atoms with Gasteiger partial charge >= 0.3 is 0 Å². The van der Waals surface area contributed by atoms with Crippen LogP contribution in [0.4, 0.5) is 17.1 Å². The van der Waals surface area contributed by atoms with E-state index in [2.05, 4.69) is 181 Å². The molecule has 0 radical (unpaired) electrons. The van der Waals surface area contributed by atoms with Crippen LogP contribution in [0.3, 0.4) is 0 Å². The predicted molar refractivity (Wildman–Crippen MR) is 241 cm³/mol. The van der Waals surface area contributed by atoms with Gasteiger partial charge in [-0.15, -0.1) is 11.3 Å². The smallest absolute Gasteiger partial charge is 0.227 e. The first kappa shape index (κ1) is 33.1. The Balaban J connectivity index is 0.989. The summed E-state index contributed by atoms with van der Waals surface area (Å²) in [6.45, 7) is 0. The Morgan fingerprint density at radius 2 is 1.04 bits per heavy atom. The van der Waals surface area contributed by atoms with E-state index in [-0.39, 0.29) is 0 Å². The van der Waals surface area contributed by atoms with E-state index in [0.29, 0.717) is 5.89 Å². The number of nitrogens with zero attached hydrogens (tertiary/aromatic N) is 2. The summed E-state index contributed by atoms with van der Waals surface area (Å²) in [6.07, 6.45) is 0. The summed E-state index contributed by atoms with van der Waals surface area (Å²) < 4.78 is 8.73. The second-order valence-corrected chi connectivity index (χ2v) is 15.4. The molecule has 2 aromatic heterocycles. The largest absolute Gasteiger partial charge is 0.436 e. The van der Waals surface area contributed by atoms with Crippen LogP contribution in [0.2, 0.25) is 0 Å². The molecule has 0 amide bonds. The Morgan fingerprint density at radius 3 is 1.81 bits per heavy atom. The molecule has 0 saturated heterocycles. The normalized spacial score (nSPS) is 11.5. The third-order valence-electron chi connectivity index (χ3n) is 10.9. The first-order valence-electron chi connectivity index (χ1n) is 19.2. The quantitative estimate of drug-likeness (QED) is 0.163. The number of aromatic nitrogens is 1. The zero-order chi connectivity index (χ0) is 37.7. The monoisotopic (exact) mass is 746 g/mol. The van der Waals surface area contributed by atoms with Gasteiger partial charge in [-0.05, 0) is 99.3 Å². The minimum Gasteiger partial charge on any atom is -0.436 e. The third-order valence-corrected chi connectivity index (χ3v) is 12.1. The molecule has 268 valence electrons. The van der Waals surface area contributed by atoms with E-state index in [1.165, 1.54) is 64.3 Å².